The molecule has 0 aromatic carbocycles. The zero-order chi connectivity index (χ0) is 10.2. The van der Waals surface area contributed by atoms with Crippen molar-refractivity contribution in [3.05, 3.63) is 16.1 Å². The van der Waals surface area contributed by atoms with E-state index in [0.29, 0.717) is 0 Å². The Morgan fingerprint density at radius 1 is 1.57 bits per heavy atom. The van der Waals surface area contributed by atoms with Gasteiger partial charge in [-0.1, -0.05) is 13.8 Å². The first kappa shape index (κ1) is 10.1. The summed E-state index contributed by atoms with van der Waals surface area (Å²) >= 11 is 1.82. The molecular weight excluding hydrogens is 192 g/mol. The largest absolute Gasteiger partial charge is 0.330 e. The molecular formula is C11H18N2S. The van der Waals surface area contributed by atoms with E-state index in [9.17, 15) is 0 Å². The predicted molar refractivity (Wildman–Crippen MR) is 60.8 cm³/mol. The van der Waals surface area contributed by atoms with Crippen molar-refractivity contribution in [2.75, 3.05) is 6.54 Å². The van der Waals surface area contributed by atoms with Crippen molar-refractivity contribution in [3.63, 3.8) is 0 Å². The Morgan fingerprint density at radius 3 is 2.86 bits per heavy atom. The van der Waals surface area contributed by atoms with Gasteiger partial charge in [0.2, 0.25) is 0 Å². The summed E-state index contributed by atoms with van der Waals surface area (Å²) in [7, 11) is 0. The van der Waals surface area contributed by atoms with Crippen molar-refractivity contribution < 1.29 is 0 Å². The maximum Gasteiger partial charge on any atom is 0.0959 e. The average molecular weight is 210 g/mol. The van der Waals surface area contributed by atoms with Gasteiger partial charge in [-0.2, -0.15) is 0 Å². The number of nitrogens with two attached hydrogens (primary N) is 1. The molecule has 1 heterocycles. The van der Waals surface area contributed by atoms with Gasteiger partial charge in [0.05, 0.1) is 10.7 Å². The van der Waals surface area contributed by atoms with Crippen LogP contribution in [0, 0.1) is 0 Å². The van der Waals surface area contributed by atoms with Crippen LogP contribution in [0.2, 0.25) is 0 Å². The molecule has 1 aromatic heterocycles. The van der Waals surface area contributed by atoms with Gasteiger partial charge < -0.3 is 5.73 Å². The zero-order valence-electron chi connectivity index (χ0n) is 8.92. The summed E-state index contributed by atoms with van der Waals surface area (Å²) < 4.78 is 0. The topological polar surface area (TPSA) is 38.9 Å². The Morgan fingerprint density at radius 2 is 2.29 bits per heavy atom. The maximum atomic E-state index is 5.61. The highest BCUT2D eigenvalue weighted by Crippen LogP contribution is 2.42. The number of rotatable bonds is 4. The molecule has 2 N–H and O–H groups in total. The molecule has 0 radical (unpaired) electrons. The minimum Gasteiger partial charge on any atom is -0.330 e. The van der Waals surface area contributed by atoms with Crippen molar-refractivity contribution >= 4 is 11.3 Å². The molecule has 2 rings (SSSR count). The highest BCUT2D eigenvalue weighted by molar-refractivity contribution is 7.09. The standard InChI is InChI=1S/C11H18N2S/c1-11(2,5-6-12)9-7-14-10(13-9)8-3-4-8/h7-8H,3-6,12H2,1-2H3. The molecule has 0 aliphatic heterocycles. The first-order valence-electron chi connectivity index (χ1n) is 5.29. The molecule has 1 saturated carbocycles. The number of thiazole rings is 1. The van der Waals surface area contributed by atoms with Crippen LogP contribution < -0.4 is 5.73 Å². The van der Waals surface area contributed by atoms with Crippen LogP contribution in [0.1, 0.15) is 49.7 Å². The van der Waals surface area contributed by atoms with Crippen LogP contribution in [0.15, 0.2) is 5.38 Å². The molecule has 1 aliphatic carbocycles. The van der Waals surface area contributed by atoms with E-state index in [1.807, 2.05) is 11.3 Å². The monoisotopic (exact) mass is 210 g/mol. The molecule has 0 atom stereocenters. The molecule has 1 aromatic rings. The van der Waals surface area contributed by atoms with Crippen molar-refractivity contribution in [2.24, 2.45) is 5.73 Å². The fourth-order valence-corrected chi connectivity index (χ4v) is 2.79. The number of hydrogen-bond acceptors (Lipinski definition) is 3. The molecule has 3 heteroatoms. The third-order valence-electron chi connectivity index (χ3n) is 2.91. The lowest BCUT2D eigenvalue weighted by Crippen LogP contribution is -2.22. The Bertz CT molecular complexity index is 313. The molecule has 14 heavy (non-hydrogen) atoms. The van der Waals surface area contributed by atoms with E-state index in [-0.39, 0.29) is 5.41 Å². The molecule has 0 unspecified atom stereocenters. The van der Waals surface area contributed by atoms with Gasteiger partial charge in [0.1, 0.15) is 0 Å². The van der Waals surface area contributed by atoms with Crippen LogP contribution in [-0.2, 0) is 5.41 Å². The lowest BCUT2D eigenvalue weighted by Gasteiger charge is -2.21. The fourth-order valence-electron chi connectivity index (χ4n) is 1.61. The van der Waals surface area contributed by atoms with E-state index in [2.05, 4.69) is 19.2 Å². The molecule has 0 spiro atoms. The third kappa shape index (κ3) is 1.98. The first-order valence-corrected chi connectivity index (χ1v) is 6.17. The summed E-state index contributed by atoms with van der Waals surface area (Å²) in [5, 5.41) is 3.55. The lowest BCUT2D eigenvalue weighted by atomic mass is 9.86. The van der Waals surface area contributed by atoms with E-state index < -0.39 is 0 Å². The van der Waals surface area contributed by atoms with Crippen LogP contribution in [0.5, 0.6) is 0 Å². The van der Waals surface area contributed by atoms with Crippen LogP contribution in [-0.4, -0.2) is 11.5 Å². The molecule has 0 saturated heterocycles. The second kappa shape index (κ2) is 3.63. The van der Waals surface area contributed by atoms with Crippen LogP contribution in [0.3, 0.4) is 0 Å². The average Bonchev–Trinajstić information content (AvgIpc) is 2.83. The Balaban J connectivity index is 2.14. The van der Waals surface area contributed by atoms with E-state index >= 15 is 0 Å². The Labute approximate surface area is 89.5 Å². The minimum atomic E-state index is 0.151. The second-order valence-electron chi connectivity index (χ2n) is 4.77. The SMILES string of the molecule is CC(C)(CCN)c1csc(C2CC2)n1. The third-order valence-corrected chi connectivity index (χ3v) is 3.92. The lowest BCUT2D eigenvalue weighted by molar-refractivity contribution is 0.475. The van der Waals surface area contributed by atoms with Gasteiger partial charge in [-0.25, -0.2) is 4.98 Å². The van der Waals surface area contributed by atoms with Gasteiger partial charge in [-0.3, -0.25) is 0 Å². The van der Waals surface area contributed by atoms with E-state index in [1.54, 1.807) is 0 Å². The summed E-state index contributed by atoms with van der Waals surface area (Å²) in [4.78, 5) is 4.73. The van der Waals surface area contributed by atoms with Crippen molar-refractivity contribution in [2.45, 2.75) is 44.4 Å². The summed E-state index contributed by atoms with van der Waals surface area (Å²) in [6.07, 6.45) is 3.69. The predicted octanol–water partition coefficient (Wildman–Crippen LogP) is 2.65. The van der Waals surface area contributed by atoms with Gasteiger partial charge in [0.15, 0.2) is 0 Å². The van der Waals surface area contributed by atoms with Crippen LogP contribution in [0.25, 0.3) is 0 Å². The minimum absolute atomic E-state index is 0.151. The Hall–Kier alpha value is -0.410. The number of aromatic nitrogens is 1. The molecule has 1 fully saturated rings. The normalized spacial score (nSPS) is 17.4. The molecule has 78 valence electrons. The van der Waals surface area contributed by atoms with Crippen molar-refractivity contribution in [1.82, 2.24) is 4.98 Å². The first-order chi connectivity index (χ1) is 6.63. The van der Waals surface area contributed by atoms with Crippen LogP contribution in [0.4, 0.5) is 0 Å². The summed E-state index contributed by atoms with van der Waals surface area (Å²) in [6.45, 7) is 5.19. The Kier molecular flexibility index (Phi) is 2.62. The maximum absolute atomic E-state index is 5.61. The zero-order valence-corrected chi connectivity index (χ0v) is 9.73. The number of hydrogen-bond donors (Lipinski definition) is 1. The van der Waals surface area contributed by atoms with Crippen molar-refractivity contribution in [3.8, 4) is 0 Å². The number of nitrogens with zero attached hydrogens (tertiary/aromatic N) is 1. The highest BCUT2D eigenvalue weighted by Gasteiger charge is 2.29. The van der Waals surface area contributed by atoms with Gasteiger partial charge >= 0.3 is 0 Å². The molecule has 2 nitrogen and oxygen atoms in total. The van der Waals surface area contributed by atoms with Gasteiger partial charge in [-0.05, 0) is 25.8 Å². The summed E-state index contributed by atoms with van der Waals surface area (Å²) in [5.41, 5.74) is 6.99. The van der Waals surface area contributed by atoms with Gasteiger partial charge in [-0.15, -0.1) is 11.3 Å². The summed E-state index contributed by atoms with van der Waals surface area (Å²) in [6, 6.07) is 0. The second-order valence-corrected chi connectivity index (χ2v) is 5.66. The van der Waals surface area contributed by atoms with Gasteiger partial charge in [0, 0.05) is 16.7 Å². The molecule has 0 bridgehead atoms. The van der Waals surface area contributed by atoms with Crippen molar-refractivity contribution in [1.29, 1.82) is 0 Å². The fraction of sp³-hybridized carbons (Fsp3) is 0.727. The smallest absolute Gasteiger partial charge is 0.0959 e. The van der Waals surface area contributed by atoms with E-state index in [4.69, 9.17) is 10.7 Å². The molecule has 0 amide bonds. The van der Waals surface area contributed by atoms with Gasteiger partial charge in [0.25, 0.3) is 0 Å². The quantitative estimate of drug-likeness (QED) is 0.829. The highest BCUT2D eigenvalue weighted by atomic mass is 32.1. The van der Waals surface area contributed by atoms with E-state index in [0.717, 1.165) is 18.9 Å². The van der Waals surface area contributed by atoms with E-state index in [1.165, 1.54) is 23.5 Å². The molecule has 1 aliphatic rings. The van der Waals surface area contributed by atoms with Crippen LogP contribution >= 0.6 is 11.3 Å². The summed E-state index contributed by atoms with van der Waals surface area (Å²) in [5.74, 6) is 0.780.